The molecule has 3 aromatic rings. The summed E-state index contributed by atoms with van der Waals surface area (Å²) in [5.41, 5.74) is 3.53. The molecular formula is C23H24ClN3O2. The van der Waals surface area contributed by atoms with Gasteiger partial charge in [-0.15, -0.1) is 0 Å². The zero-order chi connectivity index (χ0) is 20.8. The number of hydrogen-bond acceptors (Lipinski definition) is 3. The SMILES string of the molecule is CC(C)c1ccc(CNC(=O)CCn2nc(-c3cccc(Cl)c3)ccc2=O)cc1. The highest BCUT2D eigenvalue weighted by molar-refractivity contribution is 6.30. The zero-order valence-electron chi connectivity index (χ0n) is 16.6. The minimum atomic E-state index is -0.243. The molecule has 2 aromatic carbocycles. The number of carbonyl (C=O) groups excluding carboxylic acids is 1. The van der Waals surface area contributed by atoms with E-state index in [1.54, 1.807) is 18.2 Å². The Morgan fingerprint density at radius 1 is 1.10 bits per heavy atom. The van der Waals surface area contributed by atoms with Gasteiger partial charge in [-0.3, -0.25) is 9.59 Å². The van der Waals surface area contributed by atoms with Crippen LogP contribution in [-0.2, 0) is 17.9 Å². The molecule has 0 atom stereocenters. The van der Waals surface area contributed by atoms with E-state index in [2.05, 4.69) is 36.4 Å². The first-order chi connectivity index (χ1) is 13.9. The molecule has 1 N–H and O–H groups in total. The standard InChI is InChI=1S/C23H24ClN3O2/c1-16(2)18-8-6-17(7-9-18)15-25-22(28)12-13-27-23(29)11-10-21(26-27)19-4-3-5-20(24)14-19/h3-11,14,16H,12-13,15H2,1-2H3,(H,25,28). The number of halogens is 1. The molecule has 3 rings (SSSR count). The maximum absolute atomic E-state index is 12.2. The third-order valence-electron chi connectivity index (χ3n) is 4.67. The summed E-state index contributed by atoms with van der Waals surface area (Å²) in [4.78, 5) is 24.3. The predicted octanol–water partition coefficient (Wildman–Crippen LogP) is 4.39. The van der Waals surface area contributed by atoms with Gasteiger partial charge in [-0.25, -0.2) is 4.68 Å². The Balaban J connectivity index is 1.58. The van der Waals surface area contributed by atoms with Gasteiger partial charge < -0.3 is 5.32 Å². The van der Waals surface area contributed by atoms with Crippen molar-refractivity contribution in [1.29, 1.82) is 0 Å². The lowest BCUT2D eigenvalue weighted by atomic mass is 10.0. The van der Waals surface area contributed by atoms with Crippen molar-refractivity contribution in [3.8, 4) is 11.3 Å². The smallest absolute Gasteiger partial charge is 0.266 e. The second-order valence-electron chi connectivity index (χ2n) is 7.21. The molecule has 0 bridgehead atoms. The average Bonchev–Trinajstić information content (AvgIpc) is 2.72. The topological polar surface area (TPSA) is 64.0 Å². The molecule has 0 spiro atoms. The van der Waals surface area contributed by atoms with Gasteiger partial charge in [-0.05, 0) is 35.2 Å². The first kappa shape index (κ1) is 20.8. The van der Waals surface area contributed by atoms with E-state index in [1.807, 2.05) is 24.3 Å². The fourth-order valence-corrected chi connectivity index (χ4v) is 3.12. The van der Waals surface area contributed by atoms with Crippen LogP contribution < -0.4 is 10.9 Å². The average molecular weight is 410 g/mol. The molecular weight excluding hydrogens is 386 g/mol. The maximum Gasteiger partial charge on any atom is 0.266 e. The van der Waals surface area contributed by atoms with E-state index < -0.39 is 0 Å². The molecule has 0 unspecified atom stereocenters. The van der Waals surface area contributed by atoms with Crippen molar-refractivity contribution in [2.24, 2.45) is 0 Å². The highest BCUT2D eigenvalue weighted by Crippen LogP contribution is 2.19. The molecule has 0 saturated heterocycles. The number of benzene rings is 2. The van der Waals surface area contributed by atoms with Crippen LogP contribution in [0.15, 0.2) is 65.5 Å². The summed E-state index contributed by atoms with van der Waals surface area (Å²) in [5, 5.41) is 7.86. The van der Waals surface area contributed by atoms with Gasteiger partial charge in [0, 0.05) is 29.6 Å². The molecule has 1 amide bonds. The van der Waals surface area contributed by atoms with Crippen molar-refractivity contribution in [1.82, 2.24) is 15.1 Å². The number of nitrogens with zero attached hydrogens (tertiary/aromatic N) is 2. The van der Waals surface area contributed by atoms with Crippen LogP contribution >= 0.6 is 11.6 Å². The van der Waals surface area contributed by atoms with E-state index in [1.165, 1.54) is 16.3 Å². The van der Waals surface area contributed by atoms with E-state index in [4.69, 9.17) is 11.6 Å². The fourth-order valence-electron chi connectivity index (χ4n) is 2.93. The third-order valence-corrected chi connectivity index (χ3v) is 4.91. The number of aryl methyl sites for hydroxylation is 1. The van der Waals surface area contributed by atoms with Crippen LogP contribution in [-0.4, -0.2) is 15.7 Å². The number of nitrogens with one attached hydrogen (secondary N) is 1. The van der Waals surface area contributed by atoms with E-state index in [0.29, 0.717) is 23.2 Å². The number of carbonyl (C=O) groups is 1. The Hall–Kier alpha value is -2.92. The lowest BCUT2D eigenvalue weighted by Crippen LogP contribution is -2.28. The lowest BCUT2D eigenvalue weighted by Gasteiger charge is -2.09. The molecule has 6 heteroatoms. The van der Waals surface area contributed by atoms with Gasteiger partial charge >= 0.3 is 0 Å². The molecule has 0 saturated carbocycles. The normalized spacial score (nSPS) is 10.9. The van der Waals surface area contributed by atoms with Gasteiger partial charge in [0.25, 0.3) is 5.56 Å². The Morgan fingerprint density at radius 2 is 1.86 bits per heavy atom. The molecule has 1 heterocycles. The van der Waals surface area contributed by atoms with Gasteiger partial charge in [-0.2, -0.15) is 5.10 Å². The van der Waals surface area contributed by atoms with Crippen LogP contribution in [0.1, 0.15) is 37.3 Å². The minimum Gasteiger partial charge on any atom is -0.352 e. The van der Waals surface area contributed by atoms with Crippen LogP contribution in [0.2, 0.25) is 5.02 Å². The van der Waals surface area contributed by atoms with E-state index >= 15 is 0 Å². The van der Waals surface area contributed by atoms with Gasteiger partial charge in [0.15, 0.2) is 0 Å². The van der Waals surface area contributed by atoms with Crippen LogP contribution in [0.25, 0.3) is 11.3 Å². The van der Waals surface area contributed by atoms with E-state index in [0.717, 1.165) is 11.1 Å². The molecule has 0 fully saturated rings. The summed E-state index contributed by atoms with van der Waals surface area (Å²) in [7, 11) is 0. The van der Waals surface area contributed by atoms with Gasteiger partial charge in [-0.1, -0.05) is 61.8 Å². The zero-order valence-corrected chi connectivity index (χ0v) is 17.3. The van der Waals surface area contributed by atoms with E-state index in [-0.39, 0.29) is 24.4 Å². The summed E-state index contributed by atoms with van der Waals surface area (Å²) < 4.78 is 1.31. The maximum atomic E-state index is 12.2. The number of aromatic nitrogens is 2. The monoisotopic (exact) mass is 409 g/mol. The molecule has 0 aliphatic carbocycles. The van der Waals surface area contributed by atoms with Crippen LogP contribution in [0.5, 0.6) is 0 Å². The first-order valence-electron chi connectivity index (χ1n) is 9.62. The second-order valence-corrected chi connectivity index (χ2v) is 7.65. The second kappa shape index (κ2) is 9.52. The highest BCUT2D eigenvalue weighted by atomic mass is 35.5. The van der Waals surface area contributed by atoms with Crippen molar-refractivity contribution >= 4 is 17.5 Å². The number of hydrogen-bond donors (Lipinski definition) is 1. The van der Waals surface area contributed by atoms with Crippen molar-refractivity contribution in [2.75, 3.05) is 0 Å². The van der Waals surface area contributed by atoms with E-state index in [9.17, 15) is 9.59 Å². The summed E-state index contributed by atoms with van der Waals surface area (Å²) in [6.45, 7) is 4.97. The summed E-state index contributed by atoms with van der Waals surface area (Å²) in [6.07, 6.45) is 0.177. The Bertz CT molecular complexity index is 1040. The van der Waals surface area contributed by atoms with Crippen molar-refractivity contribution in [3.63, 3.8) is 0 Å². The van der Waals surface area contributed by atoms with Crippen molar-refractivity contribution in [2.45, 2.75) is 39.3 Å². The quantitative estimate of drug-likeness (QED) is 0.629. The van der Waals surface area contributed by atoms with Gasteiger partial charge in [0.2, 0.25) is 5.91 Å². The number of amides is 1. The van der Waals surface area contributed by atoms with Crippen molar-refractivity contribution < 1.29 is 4.79 Å². The van der Waals surface area contributed by atoms with Crippen LogP contribution in [0.4, 0.5) is 0 Å². The molecule has 29 heavy (non-hydrogen) atoms. The molecule has 0 aliphatic heterocycles. The van der Waals surface area contributed by atoms with Gasteiger partial charge in [0.05, 0.1) is 12.2 Å². The largest absolute Gasteiger partial charge is 0.352 e. The van der Waals surface area contributed by atoms with Gasteiger partial charge in [0.1, 0.15) is 0 Å². The summed E-state index contributed by atoms with van der Waals surface area (Å²) in [6, 6.07) is 18.6. The Kier molecular flexibility index (Phi) is 6.83. The molecule has 0 aliphatic rings. The highest BCUT2D eigenvalue weighted by Gasteiger charge is 2.07. The predicted molar refractivity (Wildman–Crippen MR) is 116 cm³/mol. The van der Waals surface area contributed by atoms with Crippen LogP contribution in [0, 0.1) is 0 Å². The molecule has 150 valence electrons. The number of rotatable bonds is 7. The fraction of sp³-hybridized carbons (Fsp3) is 0.261. The third kappa shape index (κ3) is 5.78. The van der Waals surface area contributed by atoms with Crippen molar-refractivity contribution in [3.05, 3.63) is 87.2 Å². The molecule has 0 radical (unpaired) electrons. The summed E-state index contributed by atoms with van der Waals surface area (Å²) in [5.74, 6) is 0.354. The Labute approximate surface area is 175 Å². The lowest BCUT2D eigenvalue weighted by molar-refractivity contribution is -0.121. The first-order valence-corrected chi connectivity index (χ1v) is 10.00. The summed E-state index contributed by atoms with van der Waals surface area (Å²) >= 11 is 6.03. The minimum absolute atomic E-state index is 0.125. The molecule has 1 aromatic heterocycles. The Morgan fingerprint density at radius 3 is 2.55 bits per heavy atom. The molecule has 5 nitrogen and oxygen atoms in total. The van der Waals surface area contributed by atoms with Crippen LogP contribution in [0.3, 0.4) is 0 Å².